The van der Waals surface area contributed by atoms with E-state index in [1.54, 1.807) is 0 Å². The van der Waals surface area contributed by atoms with Crippen LogP contribution >= 0.6 is 0 Å². The van der Waals surface area contributed by atoms with Crippen LogP contribution in [0.2, 0.25) is 0 Å². The molecule has 1 aliphatic heterocycles. The molecule has 0 aliphatic carbocycles. The maximum atomic E-state index is 14.2. The number of nitrogens with one attached hydrogen (secondary N) is 1. The highest BCUT2D eigenvalue weighted by molar-refractivity contribution is 5.89. The first-order valence-electron chi connectivity index (χ1n) is 11.1. The van der Waals surface area contributed by atoms with Gasteiger partial charge in [-0.1, -0.05) is 92.7 Å². The monoisotopic (exact) mass is 408 g/mol. The largest absolute Gasteiger partial charge is 0.356 e. The van der Waals surface area contributed by atoms with E-state index in [2.05, 4.69) is 72.3 Å². The van der Waals surface area contributed by atoms with Crippen LogP contribution in [0.1, 0.15) is 48.2 Å². The van der Waals surface area contributed by atoms with E-state index in [1.165, 1.54) is 16.6 Å². The predicted molar refractivity (Wildman–Crippen MR) is 126 cm³/mol. The van der Waals surface area contributed by atoms with Crippen molar-refractivity contribution in [3.8, 4) is 0 Å². The van der Waals surface area contributed by atoms with E-state index >= 15 is 0 Å². The number of aromatic amines is 1. The molecule has 156 valence electrons. The summed E-state index contributed by atoms with van der Waals surface area (Å²) in [5, 5.41) is 1.29. The Labute approximate surface area is 183 Å². The third kappa shape index (κ3) is 3.44. The standard InChI is InChI=1S/C28H28N2O/c1-19(2)27-26-23(22-15-9-10-16-24(22)29-26)17-18-30(27)28(31)25(20-11-5-3-6-12-20)21-13-7-4-8-14-21/h3-16,19,25,27,29H,17-18H2,1-2H3/t27-/m0/s1. The molecule has 1 amide bonds. The van der Waals surface area contributed by atoms with Gasteiger partial charge in [0.1, 0.15) is 0 Å². The van der Waals surface area contributed by atoms with Crippen molar-refractivity contribution in [2.45, 2.75) is 32.2 Å². The Hall–Kier alpha value is -3.33. The topological polar surface area (TPSA) is 36.1 Å². The van der Waals surface area contributed by atoms with Gasteiger partial charge in [-0.3, -0.25) is 4.79 Å². The third-order valence-electron chi connectivity index (χ3n) is 6.51. The summed E-state index contributed by atoms with van der Waals surface area (Å²) in [4.78, 5) is 19.9. The number of carbonyl (C=O) groups is 1. The van der Waals surface area contributed by atoms with Gasteiger partial charge in [0.05, 0.1) is 12.0 Å². The first-order valence-corrected chi connectivity index (χ1v) is 11.1. The van der Waals surface area contributed by atoms with E-state index in [4.69, 9.17) is 0 Å². The number of amides is 1. The number of benzene rings is 3. The molecular weight excluding hydrogens is 380 g/mol. The Morgan fingerprint density at radius 1 is 0.871 bits per heavy atom. The lowest BCUT2D eigenvalue weighted by Crippen LogP contribution is -2.44. The summed E-state index contributed by atoms with van der Waals surface area (Å²) >= 11 is 0. The van der Waals surface area contributed by atoms with Crippen LogP contribution in [0.25, 0.3) is 10.9 Å². The second-order valence-electron chi connectivity index (χ2n) is 8.79. The fraction of sp³-hybridized carbons (Fsp3) is 0.250. The molecule has 0 spiro atoms. The zero-order chi connectivity index (χ0) is 21.4. The van der Waals surface area contributed by atoms with Gasteiger partial charge in [0.25, 0.3) is 0 Å². The normalized spacial score (nSPS) is 16.1. The maximum Gasteiger partial charge on any atom is 0.235 e. The first-order chi connectivity index (χ1) is 15.1. The molecule has 1 aliphatic rings. The number of hydrogen-bond donors (Lipinski definition) is 1. The summed E-state index contributed by atoms with van der Waals surface area (Å²) in [7, 11) is 0. The van der Waals surface area contributed by atoms with Gasteiger partial charge in [0.15, 0.2) is 0 Å². The summed E-state index contributed by atoms with van der Waals surface area (Å²) in [6.07, 6.45) is 0.880. The molecule has 4 aromatic rings. The van der Waals surface area contributed by atoms with Crippen LogP contribution in [0.3, 0.4) is 0 Å². The lowest BCUT2D eigenvalue weighted by atomic mass is 9.85. The summed E-state index contributed by atoms with van der Waals surface area (Å²) in [6.45, 7) is 5.17. The van der Waals surface area contributed by atoms with Gasteiger partial charge in [-0.25, -0.2) is 0 Å². The molecule has 3 heteroatoms. The molecule has 1 atom stereocenters. The van der Waals surface area contributed by atoms with Crippen LogP contribution in [0.15, 0.2) is 84.9 Å². The van der Waals surface area contributed by atoms with E-state index in [0.29, 0.717) is 5.92 Å². The minimum atomic E-state index is -0.297. The summed E-state index contributed by atoms with van der Waals surface area (Å²) in [5.74, 6) is 0.193. The van der Waals surface area contributed by atoms with Gasteiger partial charge >= 0.3 is 0 Å². The minimum absolute atomic E-state index is 0.0403. The van der Waals surface area contributed by atoms with Gasteiger partial charge in [-0.2, -0.15) is 0 Å². The Morgan fingerprint density at radius 3 is 2.06 bits per heavy atom. The summed E-state index contributed by atoms with van der Waals surface area (Å²) in [6, 6.07) is 28.9. The molecule has 2 heterocycles. The highest BCUT2D eigenvalue weighted by atomic mass is 16.2. The molecular formula is C28H28N2O. The minimum Gasteiger partial charge on any atom is -0.356 e. The molecule has 1 aromatic heterocycles. The number of fused-ring (bicyclic) bond motifs is 3. The van der Waals surface area contributed by atoms with Crippen LogP contribution in [0.4, 0.5) is 0 Å². The van der Waals surface area contributed by atoms with Crippen molar-refractivity contribution in [2.75, 3.05) is 6.54 Å². The Morgan fingerprint density at radius 2 is 1.45 bits per heavy atom. The van der Waals surface area contributed by atoms with Gasteiger partial charge in [-0.15, -0.1) is 0 Å². The summed E-state index contributed by atoms with van der Waals surface area (Å²) in [5.41, 5.74) is 5.83. The van der Waals surface area contributed by atoms with Gasteiger partial charge in [0.2, 0.25) is 5.91 Å². The maximum absolute atomic E-state index is 14.2. The van der Waals surface area contributed by atoms with Crippen molar-refractivity contribution in [2.24, 2.45) is 5.92 Å². The Balaban J connectivity index is 1.59. The van der Waals surface area contributed by atoms with E-state index in [9.17, 15) is 4.79 Å². The molecule has 3 nitrogen and oxygen atoms in total. The lowest BCUT2D eigenvalue weighted by Gasteiger charge is -2.40. The Bertz CT molecular complexity index is 1150. The van der Waals surface area contributed by atoms with Crippen molar-refractivity contribution in [3.05, 3.63) is 107 Å². The van der Waals surface area contributed by atoms with Crippen LogP contribution in [-0.4, -0.2) is 22.3 Å². The molecule has 31 heavy (non-hydrogen) atoms. The van der Waals surface area contributed by atoms with E-state index in [1.807, 2.05) is 36.4 Å². The fourth-order valence-electron chi connectivity index (χ4n) is 5.14. The number of para-hydroxylation sites is 1. The first kappa shape index (κ1) is 19.6. The highest BCUT2D eigenvalue weighted by Gasteiger charge is 2.38. The van der Waals surface area contributed by atoms with Crippen molar-refractivity contribution < 1.29 is 4.79 Å². The van der Waals surface area contributed by atoms with E-state index in [0.717, 1.165) is 29.6 Å². The second kappa shape index (κ2) is 8.07. The third-order valence-corrected chi connectivity index (χ3v) is 6.51. The number of rotatable bonds is 4. The molecule has 0 unspecified atom stereocenters. The number of hydrogen-bond acceptors (Lipinski definition) is 1. The average molecular weight is 409 g/mol. The molecule has 0 bridgehead atoms. The number of aromatic nitrogens is 1. The zero-order valence-electron chi connectivity index (χ0n) is 18.1. The van der Waals surface area contributed by atoms with Crippen LogP contribution in [-0.2, 0) is 11.2 Å². The van der Waals surface area contributed by atoms with E-state index < -0.39 is 0 Å². The predicted octanol–water partition coefficient (Wildman–Crippen LogP) is 6.08. The second-order valence-corrected chi connectivity index (χ2v) is 8.79. The quantitative estimate of drug-likeness (QED) is 0.436. The zero-order valence-corrected chi connectivity index (χ0v) is 18.1. The van der Waals surface area contributed by atoms with Crippen LogP contribution < -0.4 is 0 Å². The molecule has 0 fully saturated rings. The highest BCUT2D eigenvalue weighted by Crippen LogP contribution is 2.40. The smallest absolute Gasteiger partial charge is 0.235 e. The average Bonchev–Trinajstić information content (AvgIpc) is 3.18. The molecule has 0 radical (unpaired) electrons. The van der Waals surface area contributed by atoms with Gasteiger partial charge < -0.3 is 9.88 Å². The lowest BCUT2D eigenvalue weighted by molar-refractivity contribution is -0.136. The molecule has 0 saturated carbocycles. The van der Waals surface area contributed by atoms with E-state index in [-0.39, 0.29) is 17.9 Å². The molecule has 1 N–H and O–H groups in total. The molecule has 5 rings (SSSR count). The van der Waals surface area contributed by atoms with Crippen molar-refractivity contribution in [1.29, 1.82) is 0 Å². The van der Waals surface area contributed by atoms with Crippen LogP contribution in [0, 0.1) is 5.92 Å². The SMILES string of the molecule is CC(C)[C@H]1c2[nH]c3ccccc3c2CCN1C(=O)C(c1ccccc1)c1ccccc1. The van der Waals surface area contributed by atoms with Gasteiger partial charge in [-0.05, 0) is 35.1 Å². The number of nitrogens with zero attached hydrogens (tertiary/aromatic N) is 1. The summed E-state index contributed by atoms with van der Waals surface area (Å²) < 4.78 is 0. The van der Waals surface area contributed by atoms with Crippen molar-refractivity contribution in [1.82, 2.24) is 9.88 Å². The van der Waals surface area contributed by atoms with Gasteiger partial charge in [0, 0.05) is 23.1 Å². The Kier molecular flexibility index (Phi) is 5.11. The number of carbonyl (C=O) groups excluding carboxylic acids is 1. The number of H-pyrrole nitrogens is 1. The fourth-order valence-corrected chi connectivity index (χ4v) is 5.14. The van der Waals surface area contributed by atoms with Crippen molar-refractivity contribution in [3.63, 3.8) is 0 Å². The van der Waals surface area contributed by atoms with Crippen molar-refractivity contribution >= 4 is 16.8 Å². The molecule has 3 aromatic carbocycles. The van der Waals surface area contributed by atoms with Crippen LogP contribution in [0.5, 0.6) is 0 Å². The molecule has 0 saturated heterocycles.